The molecule has 0 unspecified atom stereocenters. The zero-order valence-electron chi connectivity index (χ0n) is 7.94. The number of alkyl halides is 12. The lowest BCUT2D eigenvalue weighted by molar-refractivity contribution is -0.379. The molecule has 1 aliphatic rings. The minimum Gasteiger partial charge on any atom is -0.289 e. The third-order valence-electron chi connectivity index (χ3n) is 2.25. The Morgan fingerprint density at radius 1 is 0.579 bits per heavy atom. The molecule has 0 radical (unpaired) electrons. The van der Waals surface area contributed by atoms with Crippen LogP contribution in [0.3, 0.4) is 0 Å². The number of ether oxygens (including phenoxy) is 1. The molecule has 0 bridgehead atoms. The quantitative estimate of drug-likeness (QED) is 0.558. The minimum absolute atomic E-state index is 2.20. The van der Waals surface area contributed by atoms with Gasteiger partial charge < -0.3 is 0 Å². The van der Waals surface area contributed by atoms with Crippen LogP contribution in [0, 0.1) is 0 Å². The SMILES string of the molecule is FC(F)(F)C(F)(F)C1(C(F)(F)C(F)(F)F)OC1(F)F. The van der Waals surface area contributed by atoms with Gasteiger partial charge in [0.15, 0.2) is 0 Å². The number of epoxide rings is 1. The predicted octanol–water partition coefficient (Wildman–Crippen LogP) is 3.74. The fourth-order valence-electron chi connectivity index (χ4n) is 1.26. The second kappa shape index (κ2) is 3.41. The predicted molar refractivity (Wildman–Crippen MR) is 30.8 cm³/mol. The van der Waals surface area contributed by atoms with E-state index in [0.29, 0.717) is 0 Å². The Morgan fingerprint density at radius 3 is 0.895 bits per heavy atom. The molecule has 0 atom stereocenters. The molecule has 0 aromatic rings. The third kappa shape index (κ3) is 1.69. The van der Waals surface area contributed by atoms with Gasteiger partial charge in [0, 0.05) is 0 Å². The second-order valence-corrected chi connectivity index (χ2v) is 3.44. The molecule has 114 valence electrons. The van der Waals surface area contributed by atoms with Crippen molar-refractivity contribution in [2.75, 3.05) is 0 Å². The lowest BCUT2D eigenvalue weighted by Crippen LogP contribution is -2.65. The van der Waals surface area contributed by atoms with Crippen molar-refractivity contribution in [1.29, 1.82) is 0 Å². The molecule has 1 saturated heterocycles. The van der Waals surface area contributed by atoms with Crippen LogP contribution in [-0.2, 0) is 4.74 Å². The molecular formula is C6F12O. The summed E-state index contributed by atoms with van der Waals surface area (Å²) in [6, 6.07) is 0. The number of rotatable bonds is 2. The Hall–Kier alpha value is -0.880. The van der Waals surface area contributed by atoms with Gasteiger partial charge in [-0.3, -0.25) is 4.74 Å². The molecule has 0 spiro atoms. The van der Waals surface area contributed by atoms with E-state index in [1.165, 1.54) is 0 Å². The molecule has 0 amide bonds. The average Bonchev–Trinajstić information content (AvgIpc) is 2.67. The van der Waals surface area contributed by atoms with Crippen LogP contribution in [-0.4, -0.2) is 35.9 Å². The topological polar surface area (TPSA) is 12.5 Å². The van der Waals surface area contributed by atoms with Crippen molar-refractivity contribution in [3.05, 3.63) is 0 Å². The van der Waals surface area contributed by atoms with Crippen LogP contribution in [0.5, 0.6) is 0 Å². The van der Waals surface area contributed by atoms with E-state index in [1.807, 2.05) is 0 Å². The number of hydrogen-bond donors (Lipinski definition) is 0. The highest BCUT2D eigenvalue weighted by atomic mass is 19.4. The van der Waals surface area contributed by atoms with E-state index in [-0.39, 0.29) is 0 Å². The molecule has 13 heteroatoms. The van der Waals surface area contributed by atoms with Crippen LogP contribution in [0.4, 0.5) is 52.7 Å². The molecular weight excluding hydrogens is 316 g/mol. The third-order valence-corrected chi connectivity index (χ3v) is 2.25. The highest BCUT2D eigenvalue weighted by Crippen LogP contribution is 2.71. The smallest absolute Gasteiger partial charge is 0.289 e. The summed E-state index contributed by atoms with van der Waals surface area (Å²) in [5.41, 5.74) is -6.34. The van der Waals surface area contributed by atoms with Gasteiger partial charge in [0.1, 0.15) is 0 Å². The summed E-state index contributed by atoms with van der Waals surface area (Å²) < 4.78 is 148. The van der Waals surface area contributed by atoms with E-state index >= 15 is 0 Å². The summed E-state index contributed by atoms with van der Waals surface area (Å²) in [7, 11) is 0. The fourth-order valence-corrected chi connectivity index (χ4v) is 1.26. The summed E-state index contributed by atoms with van der Waals surface area (Å²) in [6.45, 7) is 0. The first kappa shape index (κ1) is 16.2. The Labute approximate surface area is 94.7 Å². The van der Waals surface area contributed by atoms with Gasteiger partial charge in [-0.25, -0.2) is 0 Å². The Bertz CT molecular complexity index is 349. The Kier molecular flexibility index (Phi) is 2.90. The van der Waals surface area contributed by atoms with E-state index in [2.05, 4.69) is 4.74 Å². The van der Waals surface area contributed by atoms with E-state index < -0.39 is 35.9 Å². The lowest BCUT2D eigenvalue weighted by Gasteiger charge is -2.31. The van der Waals surface area contributed by atoms with Crippen LogP contribution in [0.15, 0.2) is 0 Å². The zero-order valence-corrected chi connectivity index (χ0v) is 7.94. The highest BCUT2D eigenvalue weighted by molar-refractivity contribution is 5.23. The number of hydrogen-bond acceptors (Lipinski definition) is 1. The van der Waals surface area contributed by atoms with Crippen molar-refractivity contribution in [2.45, 2.75) is 35.9 Å². The molecule has 1 aliphatic heterocycles. The lowest BCUT2D eigenvalue weighted by atomic mass is 9.91. The first-order valence-corrected chi connectivity index (χ1v) is 3.93. The second-order valence-electron chi connectivity index (χ2n) is 3.44. The normalized spacial score (nSPS) is 23.4. The van der Waals surface area contributed by atoms with Gasteiger partial charge in [-0.15, -0.1) is 0 Å². The molecule has 0 N–H and O–H groups in total. The van der Waals surface area contributed by atoms with Crippen molar-refractivity contribution in [3.8, 4) is 0 Å². The molecule has 0 aromatic carbocycles. The molecule has 0 aliphatic carbocycles. The van der Waals surface area contributed by atoms with Crippen molar-refractivity contribution < 1.29 is 57.4 Å². The van der Waals surface area contributed by atoms with Crippen molar-refractivity contribution in [1.82, 2.24) is 0 Å². The summed E-state index contributed by atoms with van der Waals surface area (Å²) in [5.74, 6) is -14.2. The molecule has 1 nitrogen and oxygen atoms in total. The fraction of sp³-hybridized carbons (Fsp3) is 1.00. The van der Waals surface area contributed by atoms with Gasteiger partial charge in [0.05, 0.1) is 0 Å². The van der Waals surface area contributed by atoms with E-state index in [9.17, 15) is 52.7 Å². The molecule has 1 heterocycles. The summed E-state index contributed by atoms with van der Waals surface area (Å²) in [6.07, 6.45) is -20.2. The van der Waals surface area contributed by atoms with Gasteiger partial charge in [-0.2, -0.15) is 52.7 Å². The molecule has 1 rings (SSSR count). The molecule has 0 saturated carbocycles. The Morgan fingerprint density at radius 2 is 0.789 bits per heavy atom. The van der Waals surface area contributed by atoms with Crippen LogP contribution in [0.25, 0.3) is 0 Å². The largest absolute Gasteiger partial charge is 0.457 e. The minimum atomic E-state index is -7.12. The molecule has 0 aromatic heterocycles. The maximum atomic E-state index is 12.6. The summed E-state index contributed by atoms with van der Waals surface area (Å²) in [5, 5.41) is 0. The molecule has 19 heavy (non-hydrogen) atoms. The number of halogens is 12. The van der Waals surface area contributed by atoms with Crippen LogP contribution in [0.2, 0.25) is 0 Å². The standard InChI is InChI=1S/C6F12O/c7-2(8,4(11,12)13)1(6(17,18)19-1)3(9,10)5(14,15)16. The van der Waals surface area contributed by atoms with E-state index in [1.54, 1.807) is 0 Å². The van der Waals surface area contributed by atoms with Crippen LogP contribution < -0.4 is 0 Å². The van der Waals surface area contributed by atoms with Gasteiger partial charge in [0.25, 0.3) is 0 Å². The first-order valence-electron chi connectivity index (χ1n) is 3.93. The van der Waals surface area contributed by atoms with Crippen LogP contribution in [0.1, 0.15) is 0 Å². The summed E-state index contributed by atoms with van der Waals surface area (Å²) >= 11 is 0. The maximum Gasteiger partial charge on any atom is 0.457 e. The summed E-state index contributed by atoms with van der Waals surface area (Å²) in [4.78, 5) is 0. The van der Waals surface area contributed by atoms with E-state index in [0.717, 1.165) is 0 Å². The van der Waals surface area contributed by atoms with Crippen molar-refractivity contribution in [3.63, 3.8) is 0 Å². The van der Waals surface area contributed by atoms with Crippen molar-refractivity contribution >= 4 is 0 Å². The van der Waals surface area contributed by atoms with Gasteiger partial charge in [-0.1, -0.05) is 0 Å². The van der Waals surface area contributed by atoms with Crippen molar-refractivity contribution in [2.24, 2.45) is 0 Å². The van der Waals surface area contributed by atoms with Gasteiger partial charge >= 0.3 is 35.9 Å². The zero-order chi connectivity index (χ0) is 15.7. The molecule has 1 fully saturated rings. The van der Waals surface area contributed by atoms with E-state index in [4.69, 9.17) is 0 Å². The highest BCUT2D eigenvalue weighted by Gasteiger charge is 3.04. The van der Waals surface area contributed by atoms with Crippen LogP contribution >= 0.6 is 0 Å². The first-order chi connectivity index (χ1) is 7.96. The average molecular weight is 316 g/mol. The Balaban J connectivity index is 3.48. The monoisotopic (exact) mass is 316 g/mol. The van der Waals surface area contributed by atoms with Gasteiger partial charge in [-0.05, 0) is 0 Å². The van der Waals surface area contributed by atoms with Gasteiger partial charge in [0.2, 0.25) is 0 Å². The maximum absolute atomic E-state index is 12.6.